The molecule has 0 spiro atoms. The van der Waals surface area contributed by atoms with Crippen molar-refractivity contribution in [2.75, 3.05) is 7.05 Å². The van der Waals surface area contributed by atoms with E-state index in [0.717, 1.165) is 35.9 Å². The van der Waals surface area contributed by atoms with Crippen LogP contribution >= 0.6 is 23.2 Å². The summed E-state index contributed by atoms with van der Waals surface area (Å²) in [5, 5.41) is 10.9. The van der Waals surface area contributed by atoms with E-state index in [2.05, 4.69) is 0 Å². The van der Waals surface area contributed by atoms with Crippen LogP contribution in [-0.2, 0) is 4.79 Å². The van der Waals surface area contributed by atoms with Gasteiger partial charge in [0.1, 0.15) is 5.75 Å². The van der Waals surface area contributed by atoms with E-state index < -0.39 is 0 Å². The zero-order valence-corrected chi connectivity index (χ0v) is 14.2. The summed E-state index contributed by atoms with van der Waals surface area (Å²) < 4.78 is 0. The lowest BCUT2D eigenvalue weighted by Gasteiger charge is -2.35. The molecule has 0 saturated carbocycles. The first-order valence-corrected chi connectivity index (χ1v) is 8.22. The third kappa shape index (κ3) is 3.04. The number of amides is 1. The summed E-state index contributed by atoms with van der Waals surface area (Å²) in [6.45, 7) is 0. The average molecular weight is 350 g/mol. The third-order valence-electron chi connectivity index (χ3n) is 4.54. The number of hydrogen-bond donors (Lipinski definition) is 1. The van der Waals surface area contributed by atoms with Gasteiger partial charge < -0.3 is 10.0 Å². The molecule has 1 N–H and O–H groups in total. The molecule has 0 radical (unpaired) electrons. The summed E-state index contributed by atoms with van der Waals surface area (Å²) in [4.78, 5) is 12.8. The molecule has 1 aliphatic rings. The minimum Gasteiger partial charge on any atom is -0.508 e. The molecule has 2 atom stereocenters. The number of fused-ring (bicyclic) bond motifs is 1. The normalized spacial score (nSPS) is 20.0. The second-order valence-corrected chi connectivity index (χ2v) is 6.72. The van der Waals surface area contributed by atoms with Crippen LogP contribution in [0.3, 0.4) is 0 Å². The highest BCUT2D eigenvalue weighted by molar-refractivity contribution is 6.42. The van der Waals surface area contributed by atoms with Crippen molar-refractivity contribution in [3.63, 3.8) is 0 Å². The van der Waals surface area contributed by atoms with E-state index in [4.69, 9.17) is 23.2 Å². The number of hydrogen-bond acceptors (Lipinski definition) is 2. The van der Waals surface area contributed by atoms with Crippen LogP contribution in [-0.4, -0.2) is 23.5 Å². The monoisotopic (exact) mass is 349 g/mol. The molecule has 0 aromatic heterocycles. The molecule has 2 aromatic rings. The van der Waals surface area contributed by atoms with Crippen molar-refractivity contribution >= 4 is 29.6 Å². The van der Waals surface area contributed by atoms with Crippen LogP contribution in [0.25, 0.3) is 0 Å². The maximum Gasteiger partial charge on any atom is 0.209 e. The number of halogens is 2. The summed E-state index contributed by atoms with van der Waals surface area (Å²) in [7, 11) is 1.77. The van der Waals surface area contributed by atoms with Crippen LogP contribution in [0.1, 0.15) is 41.5 Å². The topological polar surface area (TPSA) is 40.5 Å². The van der Waals surface area contributed by atoms with Crippen LogP contribution in [0.2, 0.25) is 10.0 Å². The zero-order chi connectivity index (χ0) is 16.6. The van der Waals surface area contributed by atoms with E-state index >= 15 is 0 Å². The van der Waals surface area contributed by atoms with E-state index in [0.29, 0.717) is 10.0 Å². The minimum atomic E-state index is -0.0198. The Morgan fingerprint density at radius 3 is 2.57 bits per heavy atom. The van der Waals surface area contributed by atoms with Crippen molar-refractivity contribution in [2.45, 2.75) is 24.8 Å². The molecule has 1 aliphatic carbocycles. The van der Waals surface area contributed by atoms with Gasteiger partial charge in [0.05, 0.1) is 16.1 Å². The van der Waals surface area contributed by atoms with Gasteiger partial charge in [0, 0.05) is 13.0 Å². The standard InChI is InChI=1S/C18H17Cl2NO2/c1-21(10-22)18-7-5-13(11-2-6-16(19)17(20)8-11)14-4-3-12(23)9-15(14)18/h2-4,6,8-10,13,18,23H,5,7H2,1H3/t13-,18-/m0/s1. The second-order valence-electron chi connectivity index (χ2n) is 5.90. The van der Waals surface area contributed by atoms with Crippen LogP contribution < -0.4 is 0 Å². The Balaban J connectivity index is 2.07. The number of phenols is 1. The fraction of sp³-hybridized carbons (Fsp3) is 0.278. The Morgan fingerprint density at radius 2 is 1.87 bits per heavy atom. The molecule has 1 amide bonds. The van der Waals surface area contributed by atoms with Gasteiger partial charge in [0.2, 0.25) is 6.41 Å². The first-order chi connectivity index (χ1) is 11.0. The summed E-state index contributed by atoms with van der Waals surface area (Å²) in [6, 6.07) is 11.0. The molecular weight excluding hydrogens is 333 g/mol. The first kappa shape index (κ1) is 16.2. The number of rotatable bonds is 3. The van der Waals surface area contributed by atoms with Gasteiger partial charge in [0.15, 0.2) is 0 Å². The van der Waals surface area contributed by atoms with Gasteiger partial charge in [-0.2, -0.15) is 0 Å². The third-order valence-corrected chi connectivity index (χ3v) is 5.28. The largest absolute Gasteiger partial charge is 0.508 e. The number of phenolic OH excluding ortho intramolecular Hbond substituents is 1. The van der Waals surface area contributed by atoms with Crippen molar-refractivity contribution in [1.29, 1.82) is 0 Å². The van der Waals surface area contributed by atoms with Crippen molar-refractivity contribution in [3.05, 3.63) is 63.1 Å². The summed E-state index contributed by atoms with van der Waals surface area (Å²) >= 11 is 12.2. The number of nitrogens with zero attached hydrogens (tertiary/aromatic N) is 1. The van der Waals surface area contributed by atoms with E-state index in [1.54, 1.807) is 24.1 Å². The predicted molar refractivity (Wildman–Crippen MR) is 92.2 cm³/mol. The zero-order valence-electron chi connectivity index (χ0n) is 12.7. The Hall–Kier alpha value is -1.71. The molecule has 0 bridgehead atoms. The maximum absolute atomic E-state index is 11.2. The summed E-state index contributed by atoms with van der Waals surface area (Å²) in [5.41, 5.74) is 3.20. The highest BCUT2D eigenvalue weighted by Crippen LogP contribution is 2.44. The molecule has 0 heterocycles. The van der Waals surface area contributed by atoms with Crippen molar-refractivity contribution in [3.8, 4) is 5.75 Å². The van der Waals surface area contributed by atoms with Gasteiger partial charge in [-0.3, -0.25) is 4.79 Å². The van der Waals surface area contributed by atoms with Crippen molar-refractivity contribution < 1.29 is 9.90 Å². The molecule has 3 rings (SSSR count). The molecule has 0 aliphatic heterocycles. The molecule has 0 saturated heterocycles. The fourth-order valence-corrected chi connectivity index (χ4v) is 3.68. The molecular formula is C18H17Cl2NO2. The number of benzene rings is 2. The predicted octanol–water partition coefficient (Wildman–Crippen LogP) is 4.75. The molecule has 0 fully saturated rings. The van der Waals surface area contributed by atoms with Crippen LogP contribution in [0.5, 0.6) is 5.75 Å². The molecule has 120 valence electrons. The quantitative estimate of drug-likeness (QED) is 0.812. The molecule has 0 unspecified atom stereocenters. The SMILES string of the molecule is CN(C=O)[C@H]1CC[C@@H](c2ccc(Cl)c(Cl)c2)c2ccc(O)cc21. The molecule has 23 heavy (non-hydrogen) atoms. The molecule has 2 aromatic carbocycles. The van der Waals surface area contributed by atoms with Gasteiger partial charge >= 0.3 is 0 Å². The van der Waals surface area contributed by atoms with E-state index in [1.165, 1.54) is 0 Å². The number of carbonyl (C=O) groups excluding carboxylic acids is 1. The van der Waals surface area contributed by atoms with Gasteiger partial charge in [-0.25, -0.2) is 0 Å². The highest BCUT2D eigenvalue weighted by atomic mass is 35.5. The van der Waals surface area contributed by atoms with Gasteiger partial charge in [-0.05, 0) is 53.8 Å². The lowest BCUT2D eigenvalue weighted by molar-refractivity contribution is -0.119. The summed E-state index contributed by atoms with van der Waals surface area (Å²) in [6.07, 6.45) is 2.56. The minimum absolute atomic E-state index is 0.0198. The van der Waals surface area contributed by atoms with Crippen LogP contribution in [0.15, 0.2) is 36.4 Å². The first-order valence-electron chi connectivity index (χ1n) is 7.46. The van der Waals surface area contributed by atoms with Crippen molar-refractivity contribution in [1.82, 2.24) is 4.90 Å². The Labute approximate surface area is 145 Å². The van der Waals surface area contributed by atoms with Gasteiger partial charge in [-0.15, -0.1) is 0 Å². The lowest BCUT2D eigenvalue weighted by Crippen LogP contribution is -2.28. The van der Waals surface area contributed by atoms with Crippen molar-refractivity contribution in [2.24, 2.45) is 0 Å². The highest BCUT2D eigenvalue weighted by Gasteiger charge is 2.30. The number of aromatic hydroxyl groups is 1. The van der Waals surface area contributed by atoms with E-state index in [1.807, 2.05) is 24.3 Å². The lowest BCUT2D eigenvalue weighted by atomic mass is 9.76. The van der Waals surface area contributed by atoms with Gasteiger partial charge in [-0.1, -0.05) is 35.3 Å². The van der Waals surface area contributed by atoms with Gasteiger partial charge in [0.25, 0.3) is 0 Å². The van der Waals surface area contributed by atoms with E-state index in [9.17, 15) is 9.90 Å². The second kappa shape index (κ2) is 6.42. The Bertz CT molecular complexity index is 748. The molecule has 3 nitrogen and oxygen atoms in total. The van der Waals surface area contributed by atoms with E-state index in [-0.39, 0.29) is 17.7 Å². The van der Waals surface area contributed by atoms with Crippen LogP contribution in [0, 0.1) is 0 Å². The fourth-order valence-electron chi connectivity index (χ4n) is 3.38. The average Bonchev–Trinajstić information content (AvgIpc) is 2.55. The Morgan fingerprint density at radius 1 is 1.09 bits per heavy atom. The van der Waals surface area contributed by atoms with Crippen LogP contribution in [0.4, 0.5) is 0 Å². The molecule has 5 heteroatoms. The summed E-state index contributed by atoms with van der Waals surface area (Å²) in [5.74, 6) is 0.388. The number of carbonyl (C=O) groups is 1. The Kier molecular flexibility index (Phi) is 4.51. The maximum atomic E-state index is 11.2. The smallest absolute Gasteiger partial charge is 0.209 e.